The second kappa shape index (κ2) is 4.84. The molecular formula is C13H26O2. The van der Waals surface area contributed by atoms with E-state index in [0.29, 0.717) is 11.8 Å². The maximum Gasteiger partial charge on any atom is 0.0903 e. The fraction of sp³-hybridized carbons (Fsp3) is 1.00. The van der Waals surface area contributed by atoms with Crippen molar-refractivity contribution in [2.24, 2.45) is 17.8 Å². The first kappa shape index (κ1) is 13.0. The van der Waals surface area contributed by atoms with Gasteiger partial charge in [-0.3, -0.25) is 0 Å². The summed E-state index contributed by atoms with van der Waals surface area (Å²) in [5.41, 5.74) is -0.886. The summed E-state index contributed by atoms with van der Waals surface area (Å²) in [5, 5.41) is 20.0. The van der Waals surface area contributed by atoms with Crippen LogP contribution in [-0.2, 0) is 0 Å². The minimum Gasteiger partial charge on any atom is -0.390 e. The summed E-state index contributed by atoms with van der Waals surface area (Å²) in [7, 11) is 0. The Labute approximate surface area is 93.7 Å². The van der Waals surface area contributed by atoms with Crippen LogP contribution in [-0.4, -0.2) is 21.9 Å². The maximum atomic E-state index is 10.1. The maximum absolute atomic E-state index is 10.1. The molecule has 0 saturated heterocycles. The van der Waals surface area contributed by atoms with E-state index in [1.54, 1.807) is 6.92 Å². The zero-order chi connectivity index (χ0) is 11.6. The van der Waals surface area contributed by atoms with Crippen molar-refractivity contribution in [2.45, 2.75) is 65.1 Å². The third-order valence-electron chi connectivity index (χ3n) is 4.40. The molecule has 90 valence electrons. The summed E-state index contributed by atoms with van der Waals surface area (Å²) < 4.78 is 0. The van der Waals surface area contributed by atoms with Gasteiger partial charge in [0.2, 0.25) is 0 Å². The van der Waals surface area contributed by atoms with Gasteiger partial charge in [-0.1, -0.05) is 33.6 Å². The van der Waals surface area contributed by atoms with Crippen LogP contribution in [0.25, 0.3) is 0 Å². The van der Waals surface area contributed by atoms with Crippen LogP contribution in [0.15, 0.2) is 0 Å². The van der Waals surface area contributed by atoms with Gasteiger partial charge in [0.25, 0.3) is 0 Å². The predicted molar refractivity (Wildman–Crippen MR) is 62.6 cm³/mol. The summed E-state index contributed by atoms with van der Waals surface area (Å²) in [6.45, 7) is 8.29. The van der Waals surface area contributed by atoms with Crippen LogP contribution in [0.5, 0.6) is 0 Å². The van der Waals surface area contributed by atoms with Gasteiger partial charge in [0.1, 0.15) is 0 Å². The lowest BCUT2D eigenvalue weighted by atomic mass is 9.67. The number of hydrogen-bond acceptors (Lipinski definition) is 2. The molecular weight excluding hydrogens is 188 g/mol. The van der Waals surface area contributed by atoms with Crippen LogP contribution in [0.4, 0.5) is 0 Å². The molecule has 0 amide bonds. The highest BCUT2D eigenvalue weighted by atomic mass is 16.3. The molecule has 1 fully saturated rings. The SMILES string of the molecule is CCC[C@@H](C)[C@H]1C[C@@H](C)[C@](C)(O)[C@H](O)C1. The van der Waals surface area contributed by atoms with Gasteiger partial charge in [-0.15, -0.1) is 0 Å². The first-order valence-electron chi connectivity index (χ1n) is 6.30. The molecule has 0 aromatic carbocycles. The van der Waals surface area contributed by atoms with E-state index in [2.05, 4.69) is 13.8 Å². The second-order valence-corrected chi connectivity index (χ2v) is 5.64. The van der Waals surface area contributed by atoms with Crippen molar-refractivity contribution in [3.05, 3.63) is 0 Å². The van der Waals surface area contributed by atoms with E-state index < -0.39 is 11.7 Å². The molecule has 1 aliphatic rings. The number of aliphatic hydroxyl groups is 2. The van der Waals surface area contributed by atoms with Crippen molar-refractivity contribution in [3.8, 4) is 0 Å². The van der Waals surface area contributed by atoms with Gasteiger partial charge >= 0.3 is 0 Å². The molecule has 1 saturated carbocycles. The summed E-state index contributed by atoms with van der Waals surface area (Å²) in [5.74, 6) is 1.45. The molecule has 0 aliphatic heterocycles. The molecule has 5 atom stereocenters. The molecule has 0 unspecified atom stereocenters. The molecule has 0 aromatic rings. The third-order valence-corrected chi connectivity index (χ3v) is 4.40. The molecule has 2 heteroatoms. The zero-order valence-corrected chi connectivity index (χ0v) is 10.5. The lowest BCUT2D eigenvalue weighted by Gasteiger charge is -2.44. The first-order valence-corrected chi connectivity index (χ1v) is 6.30. The average Bonchev–Trinajstić information content (AvgIpc) is 2.14. The van der Waals surface area contributed by atoms with Gasteiger partial charge < -0.3 is 10.2 Å². The molecule has 0 heterocycles. The quantitative estimate of drug-likeness (QED) is 0.758. The lowest BCUT2D eigenvalue weighted by molar-refractivity contribution is -0.137. The Kier molecular flexibility index (Phi) is 4.19. The van der Waals surface area contributed by atoms with Crippen LogP contribution < -0.4 is 0 Å². The molecule has 0 radical (unpaired) electrons. The van der Waals surface area contributed by atoms with E-state index in [0.717, 1.165) is 12.8 Å². The standard InChI is InChI=1S/C13H26O2/c1-5-6-9(2)11-7-10(3)13(4,15)12(14)8-11/h9-12,14-15H,5-8H2,1-4H3/t9-,10-,11+,12-,13+/m1/s1. The van der Waals surface area contributed by atoms with Crippen LogP contribution in [0, 0.1) is 17.8 Å². The van der Waals surface area contributed by atoms with Crippen LogP contribution in [0.2, 0.25) is 0 Å². The Hall–Kier alpha value is -0.0800. The highest BCUT2D eigenvalue weighted by molar-refractivity contribution is 4.94. The number of hydrogen-bond donors (Lipinski definition) is 2. The molecule has 1 aliphatic carbocycles. The molecule has 0 spiro atoms. The minimum atomic E-state index is -0.886. The average molecular weight is 214 g/mol. The largest absolute Gasteiger partial charge is 0.390 e. The van der Waals surface area contributed by atoms with E-state index in [4.69, 9.17) is 0 Å². The summed E-state index contributed by atoms with van der Waals surface area (Å²) in [6.07, 6.45) is 3.69. The smallest absolute Gasteiger partial charge is 0.0903 e. The Balaban J connectivity index is 2.60. The van der Waals surface area contributed by atoms with Crippen molar-refractivity contribution in [2.75, 3.05) is 0 Å². The minimum absolute atomic E-state index is 0.200. The van der Waals surface area contributed by atoms with Crippen molar-refractivity contribution >= 4 is 0 Å². The molecule has 15 heavy (non-hydrogen) atoms. The van der Waals surface area contributed by atoms with Crippen LogP contribution in [0.3, 0.4) is 0 Å². The highest BCUT2D eigenvalue weighted by Crippen LogP contribution is 2.40. The van der Waals surface area contributed by atoms with Gasteiger partial charge in [-0.2, -0.15) is 0 Å². The van der Waals surface area contributed by atoms with Crippen molar-refractivity contribution in [1.29, 1.82) is 0 Å². The van der Waals surface area contributed by atoms with Gasteiger partial charge in [-0.05, 0) is 37.5 Å². The van der Waals surface area contributed by atoms with Crippen molar-refractivity contribution in [1.82, 2.24) is 0 Å². The Morgan fingerprint density at radius 1 is 1.40 bits per heavy atom. The number of rotatable bonds is 3. The summed E-state index contributed by atoms with van der Waals surface area (Å²) in [6, 6.07) is 0. The van der Waals surface area contributed by atoms with Gasteiger partial charge in [0, 0.05) is 0 Å². The van der Waals surface area contributed by atoms with E-state index in [1.165, 1.54) is 12.8 Å². The van der Waals surface area contributed by atoms with Crippen molar-refractivity contribution < 1.29 is 10.2 Å². The van der Waals surface area contributed by atoms with Crippen LogP contribution >= 0.6 is 0 Å². The van der Waals surface area contributed by atoms with E-state index >= 15 is 0 Å². The van der Waals surface area contributed by atoms with E-state index in [1.807, 2.05) is 6.92 Å². The molecule has 0 bridgehead atoms. The Morgan fingerprint density at radius 2 is 2.00 bits per heavy atom. The van der Waals surface area contributed by atoms with Gasteiger partial charge in [-0.25, -0.2) is 0 Å². The first-order chi connectivity index (χ1) is 6.89. The fourth-order valence-electron chi connectivity index (χ4n) is 2.80. The normalized spacial score (nSPS) is 44.0. The topological polar surface area (TPSA) is 40.5 Å². The number of aliphatic hydroxyl groups excluding tert-OH is 1. The fourth-order valence-corrected chi connectivity index (χ4v) is 2.80. The predicted octanol–water partition coefficient (Wildman–Crippen LogP) is 2.58. The Morgan fingerprint density at radius 3 is 2.47 bits per heavy atom. The molecule has 1 rings (SSSR count). The van der Waals surface area contributed by atoms with Gasteiger partial charge in [0.15, 0.2) is 0 Å². The Bertz CT molecular complexity index is 187. The molecule has 2 N–H and O–H groups in total. The lowest BCUT2D eigenvalue weighted by Crippen LogP contribution is -2.51. The zero-order valence-electron chi connectivity index (χ0n) is 10.5. The molecule has 0 aromatic heterocycles. The van der Waals surface area contributed by atoms with Crippen LogP contribution in [0.1, 0.15) is 53.4 Å². The second-order valence-electron chi connectivity index (χ2n) is 5.64. The summed E-state index contributed by atoms with van der Waals surface area (Å²) in [4.78, 5) is 0. The highest BCUT2D eigenvalue weighted by Gasteiger charge is 2.43. The van der Waals surface area contributed by atoms with Crippen molar-refractivity contribution in [3.63, 3.8) is 0 Å². The van der Waals surface area contributed by atoms with E-state index in [9.17, 15) is 10.2 Å². The van der Waals surface area contributed by atoms with E-state index in [-0.39, 0.29) is 5.92 Å². The van der Waals surface area contributed by atoms with Gasteiger partial charge in [0.05, 0.1) is 11.7 Å². The summed E-state index contributed by atoms with van der Waals surface area (Å²) >= 11 is 0. The third kappa shape index (κ3) is 2.73. The molecule has 2 nitrogen and oxygen atoms in total. The monoisotopic (exact) mass is 214 g/mol.